The lowest BCUT2D eigenvalue weighted by atomic mass is 10.3. The van der Waals surface area contributed by atoms with E-state index >= 15 is 0 Å². The van der Waals surface area contributed by atoms with Crippen molar-refractivity contribution in [3.63, 3.8) is 0 Å². The number of anilines is 1. The topological polar surface area (TPSA) is 149 Å². The second-order valence-corrected chi connectivity index (χ2v) is 6.90. The van der Waals surface area contributed by atoms with E-state index in [-0.39, 0.29) is 17.1 Å². The minimum Gasteiger partial charge on any atom is -0.394 e. The van der Waals surface area contributed by atoms with Crippen LogP contribution in [0.15, 0.2) is 34.0 Å². The van der Waals surface area contributed by atoms with Crippen LogP contribution in [-0.4, -0.2) is 47.3 Å². The Hall–Kier alpha value is -2.18. The van der Waals surface area contributed by atoms with Crippen LogP contribution in [-0.2, 0) is 21.4 Å². The minimum atomic E-state index is -4.11. The molecule has 0 spiro atoms. The number of aliphatic hydroxyl groups is 2. The monoisotopic (exact) mass is 372 g/mol. The highest BCUT2D eigenvalue weighted by atomic mass is 32.2. The van der Waals surface area contributed by atoms with Crippen LogP contribution in [0, 0.1) is 6.92 Å². The first-order valence-electron chi connectivity index (χ1n) is 7.28. The summed E-state index contributed by atoms with van der Waals surface area (Å²) in [6.07, 6.45) is -1.14. The molecule has 0 amide bonds. The van der Waals surface area contributed by atoms with E-state index in [0.717, 1.165) is 0 Å². The van der Waals surface area contributed by atoms with Crippen LogP contribution < -0.4 is 16.8 Å². The number of rotatable bonds is 7. The molecule has 0 aliphatic carbocycles. The normalized spacial score (nSPS) is 13.1. The molecule has 0 saturated carbocycles. The van der Waals surface area contributed by atoms with Gasteiger partial charge in [0.05, 0.1) is 35.5 Å². The van der Waals surface area contributed by atoms with Gasteiger partial charge in [0, 0.05) is 7.05 Å². The van der Waals surface area contributed by atoms with Crippen LogP contribution in [0.2, 0.25) is 0 Å². The number of aromatic nitrogens is 2. The SMILES string of the molecule is Cc1c(N)c(=O)n(-c2ccc(S(=O)(=O)ONCC(O)CO)cc2)n1C. The van der Waals surface area contributed by atoms with Crippen LogP contribution in [0.5, 0.6) is 0 Å². The number of hydrogen-bond donors (Lipinski definition) is 4. The number of aliphatic hydroxyl groups excluding tert-OH is 2. The zero-order valence-corrected chi connectivity index (χ0v) is 14.5. The first-order chi connectivity index (χ1) is 11.7. The molecule has 0 bridgehead atoms. The van der Waals surface area contributed by atoms with E-state index in [1.165, 1.54) is 28.9 Å². The minimum absolute atomic E-state index is 0.120. The van der Waals surface area contributed by atoms with Crippen molar-refractivity contribution >= 4 is 15.8 Å². The van der Waals surface area contributed by atoms with Gasteiger partial charge in [-0.15, -0.1) is 0 Å². The molecule has 0 aliphatic heterocycles. The van der Waals surface area contributed by atoms with Gasteiger partial charge in [0.2, 0.25) is 0 Å². The van der Waals surface area contributed by atoms with Crippen LogP contribution in [0.3, 0.4) is 0 Å². The number of nitrogen functional groups attached to an aromatic ring is 1. The fourth-order valence-electron chi connectivity index (χ4n) is 2.09. The third kappa shape index (κ3) is 3.91. The van der Waals surface area contributed by atoms with Crippen molar-refractivity contribution in [2.24, 2.45) is 7.05 Å². The van der Waals surface area contributed by atoms with Crippen molar-refractivity contribution in [1.82, 2.24) is 14.8 Å². The van der Waals surface area contributed by atoms with Gasteiger partial charge in [-0.1, -0.05) is 0 Å². The van der Waals surface area contributed by atoms with Crippen LogP contribution in [0.25, 0.3) is 5.69 Å². The van der Waals surface area contributed by atoms with E-state index in [1.54, 1.807) is 18.7 Å². The molecule has 11 heteroatoms. The van der Waals surface area contributed by atoms with E-state index < -0.39 is 28.4 Å². The first-order valence-corrected chi connectivity index (χ1v) is 8.69. The standard InChI is InChI=1S/C14H20N4O6S/c1-9-13(15)14(21)18(17(9)2)10-3-5-12(6-4-10)25(22,23)24-16-7-11(20)8-19/h3-6,11,16,19-20H,7-8,15H2,1-2H3. The van der Waals surface area contributed by atoms with Crippen molar-refractivity contribution in [3.05, 3.63) is 40.3 Å². The lowest BCUT2D eigenvalue weighted by molar-refractivity contribution is 0.0640. The van der Waals surface area contributed by atoms with Gasteiger partial charge in [-0.05, 0) is 31.2 Å². The molecule has 10 nitrogen and oxygen atoms in total. The number of hydrogen-bond acceptors (Lipinski definition) is 8. The summed E-state index contributed by atoms with van der Waals surface area (Å²) in [5.74, 6) is 0. The molecule has 1 aromatic heterocycles. The molecule has 2 rings (SSSR count). The first kappa shape index (κ1) is 19.1. The maximum atomic E-state index is 12.1. The van der Waals surface area contributed by atoms with Crippen LogP contribution in [0.1, 0.15) is 5.69 Å². The van der Waals surface area contributed by atoms with Gasteiger partial charge in [-0.25, -0.2) is 4.68 Å². The van der Waals surface area contributed by atoms with Crippen molar-refractivity contribution in [1.29, 1.82) is 0 Å². The second-order valence-electron chi connectivity index (χ2n) is 5.36. The lowest BCUT2D eigenvalue weighted by Crippen LogP contribution is -2.31. The second kappa shape index (κ2) is 7.37. The average molecular weight is 372 g/mol. The number of nitrogens with zero attached hydrogens (tertiary/aromatic N) is 2. The Kier molecular flexibility index (Phi) is 5.65. The fourth-order valence-corrected chi connectivity index (χ4v) is 2.88. The zero-order valence-electron chi connectivity index (χ0n) is 13.7. The van der Waals surface area contributed by atoms with Gasteiger partial charge in [0.1, 0.15) is 5.69 Å². The fraction of sp³-hybridized carbons (Fsp3) is 0.357. The molecule has 1 heterocycles. The Morgan fingerprint density at radius 2 is 1.92 bits per heavy atom. The predicted octanol–water partition coefficient (Wildman–Crippen LogP) is -1.37. The average Bonchev–Trinajstić information content (AvgIpc) is 2.78. The predicted molar refractivity (Wildman–Crippen MR) is 89.5 cm³/mol. The summed E-state index contributed by atoms with van der Waals surface area (Å²) in [6, 6.07) is 5.44. The van der Waals surface area contributed by atoms with E-state index in [1.807, 2.05) is 0 Å². The van der Waals surface area contributed by atoms with E-state index in [2.05, 4.69) is 9.76 Å². The Bertz CT molecular complexity index is 901. The molecular formula is C14H20N4O6S. The number of nitrogens with one attached hydrogen (secondary N) is 1. The summed E-state index contributed by atoms with van der Waals surface area (Å²) in [7, 11) is -2.45. The Balaban J connectivity index is 2.23. The lowest BCUT2D eigenvalue weighted by Gasteiger charge is -2.11. The quantitative estimate of drug-likeness (QED) is 0.435. The van der Waals surface area contributed by atoms with E-state index in [0.29, 0.717) is 11.4 Å². The molecule has 1 unspecified atom stereocenters. The summed E-state index contributed by atoms with van der Waals surface area (Å²) in [5.41, 5.74) is 8.55. The van der Waals surface area contributed by atoms with Gasteiger partial charge >= 0.3 is 10.1 Å². The van der Waals surface area contributed by atoms with E-state index in [4.69, 9.17) is 15.9 Å². The van der Waals surface area contributed by atoms with Gasteiger partial charge in [-0.2, -0.15) is 18.2 Å². The smallest absolute Gasteiger partial charge is 0.312 e. The molecule has 0 fully saturated rings. The maximum absolute atomic E-state index is 12.1. The van der Waals surface area contributed by atoms with Gasteiger partial charge in [0.15, 0.2) is 0 Å². The molecular weight excluding hydrogens is 352 g/mol. The molecule has 0 radical (unpaired) electrons. The summed E-state index contributed by atoms with van der Waals surface area (Å²) < 4.78 is 31.5. The number of nitrogens with two attached hydrogens (primary N) is 1. The molecule has 2 aromatic rings. The summed E-state index contributed by atoms with van der Waals surface area (Å²) >= 11 is 0. The van der Waals surface area contributed by atoms with Gasteiger partial charge < -0.3 is 15.9 Å². The molecule has 0 saturated heterocycles. The molecule has 0 aliphatic rings. The van der Waals surface area contributed by atoms with Crippen molar-refractivity contribution in [3.8, 4) is 5.69 Å². The van der Waals surface area contributed by atoms with Crippen LogP contribution in [0.4, 0.5) is 5.69 Å². The van der Waals surface area contributed by atoms with Gasteiger partial charge in [-0.3, -0.25) is 9.48 Å². The summed E-state index contributed by atoms with van der Waals surface area (Å²) in [4.78, 5) is 12.0. The Morgan fingerprint density at radius 3 is 2.40 bits per heavy atom. The number of hydroxylamine groups is 1. The largest absolute Gasteiger partial charge is 0.394 e. The van der Waals surface area contributed by atoms with Gasteiger partial charge in [0.25, 0.3) is 5.56 Å². The zero-order chi connectivity index (χ0) is 18.8. The Morgan fingerprint density at radius 1 is 1.32 bits per heavy atom. The third-order valence-corrected chi connectivity index (χ3v) is 4.85. The van der Waals surface area contributed by atoms with Crippen LogP contribution >= 0.6 is 0 Å². The molecule has 5 N–H and O–H groups in total. The highest BCUT2D eigenvalue weighted by Crippen LogP contribution is 2.16. The maximum Gasteiger partial charge on any atom is 0.312 e. The molecule has 1 atom stereocenters. The summed E-state index contributed by atoms with van der Waals surface area (Å²) in [6.45, 7) is 0.913. The van der Waals surface area contributed by atoms with Crippen molar-refractivity contribution in [2.75, 3.05) is 18.9 Å². The van der Waals surface area contributed by atoms with Crippen molar-refractivity contribution < 1.29 is 22.9 Å². The highest BCUT2D eigenvalue weighted by molar-refractivity contribution is 7.86. The molecule has 1 aromatic carbocycles. The van der Waals surface area contributed by atoms with Crippen molar-refractivity contribution in [2.45, 2.75) is 17.9 Å². The Labute approximate surface area is 144 Å². The third-order valence-electron chi connectivity index (χ3n) is 3.67. The van der Waals surface area contributed by atoms with E-state index in [9.17, 15) is 13.2 Å². The highest BCUT2D eigenvalue weighted by Gasteiger charge is 2.18. The number of benzene rings is 1. The molecule has 25 heavy (non-hydrogen) atoms. The summed E-state index contributed by atoms with van der Waals surface area (Å²) in [5, 5.41) is 17.8. The molecule has 138 valence electrons.